The molecule has 0 spiro atoms. The van der Waals surface area contributed by atoms with Crippen LogP contribution in [-0.2, 0) is 28.8 Å². The molecule has 0 saturated heterocycles. The van der Waals surface area contributed by atoms with Crippen LogP contribution in [0.4, 0.5) is 0 Å². The molecule has 0 rings (SSSR count). The number of hydrogen-bond donors (Lipinski definition) is 2. The Morgan fingerprint density at radius 3 is 1.83 bits per heavy atom. The molecule has 0 heterocycles. The van der Waals surface area contributed by atoms with Crippen molar-refractivity contribution in [1.29, 1.82) is 0 Å². The standard InChI is InChI=1S/H2NO3S.Ru/c1-5(2,3)4;/h(H2-,1,2,3,4);/q-1;+1. The van der Waals surface area contributed by atoms with Crippen LogP contribution in [0.1, 0.15) is 0 Å². The molecule has 6 heavy (non-hydrogen) atoms. The molecule has 6 heteroatoms. The van der Waals surface area contributed by atoms with Gasteiger partial charge in [-0.05, 0) is 0 Å². The van der Waals surface area contributed by atoms with E-state index < -0.39 is 10.3 Å². The van der Waals surface area contributed by atoms with Gasteiger partial charge in [0.25, 0.3) is 0 Å². The zero-order valence-corrected chi connectivity index (χ0v) is 5.08. The topological polar surface area (TPSA) is 66.4 Å². The Kier molecular flexibility index (Phi) is 2.14. The molecule has 0 atom stereocenters. The van der Waals surface area contributed by atoms with Crippen LogP contribution >= 0.6 is 0 Å². The van der Waals surface area contributed by atoms with E-state index in [0.717, 1.165) is 0 Å². The molecule has 2 N–H and O–H groups in total. The Morgan fingerprint density at radius 1 is 1.67 bits per heavy atom. The van der Waals surface area contributed by atoms with E-state index in [1.807, 2.05) is 0 Å². The molecule has 0 radical (unpaired) electrons. The quantitative estimate of drug-likeness (QED) is 0.411. The molecule has 0 aliphatic rings. The van der Waals surface area contributed by atoms with Crippen LogP contribution in [-0.4, -0.2) is 13.0 Å². The van der Waals surface area contributed by atoms with Crippen molar-refractivity contribution in [3.8, 4) is 0 Å². The second-order valence-electron chi connectivity index (χ2n) is 0.547. The first-order valence-electron chi connectivity index (χ1n) is 0.897. The van der Waals surface area contributed by atoms with Crippen molar-refractivity contribution in [2.24, 2.45) is 0 Å². The Morgan fingerprint density at radius 2 is 1.83 bits per heavy atom. The molecule has 0 amide bonds. The van der Waals surface area contributed by atoms with Crippen molar-refractivity contribution in [3.63, 3.8) is 0 Å². The third-order valence-electron chi connectivity index (χ3n) is 0.0912. The van der Waals surface area contributed by atoms with E-state index in [-0.39, 0.29) is 0 Å². The third-order valence-corrected chi connectivity index (χ3v) is 1.62. The van der Waals surface area contributed by atoms with Gasteiger partial charge in [0.2, 0.25) is 0 Å². The van der Waals surface area contributed by atoms with Gasteiger partial charge in [0.1, 0.15) is 0 Å². The molecule has 39 valence electrons. The van der Waals surface area contributed by atoms with Crippen LogP contribution < -0.4 is 3.46 Å². The summed E-state index contributed by atoms with van der Waals surface area (Å²) in [6.07, 6.45) is 0. The Hall–Kier alpha value is 0.493. The SMILES string of the molecule is O=S(=O)(O)[NH][Ru]. The molecule has 0 aliphatic carbocycles. The van der Waals surface area contributed by atoms with E-state index in [1.165, 1.54) is 0 Å². The molecule has 0 aromatic heterocycles. The average Bonchev–Trinajstić information content (AvgIpc) is 1.35. The maximum atomic E-state index is 9.43. The summed E-state index contributed by atoms with van der Waals surface area (Å²) in [5.74, 6) is 0. The summed E-state index contributed by atoms with van der Waals surface area (Å²) in [6.45, 7) is 0. The van der Waals surface area contributed by atoms with Crippen LogP contribution in [0.15, 0.2) is 0 Å². The van der Waals surface area contributed by atoms with Crippen molar-refractivity contribution < 1.29 is 31.5 Å². The van der Waals surface area contributed by atoms with Crippen molar-refractivity contribution in [2.45, 2.75) is 0 Å². The summed E-state index contributed by atoms with van der Waals surface area (Å²) in [5, 5.41) is 0. The van der Waals surface area contributed by atoms with E-state index in [9.17, 15) is 8.42 Å². The number of rotatable bonds is 1. The molecule has 0 unspecified atom stereocenters. The summed E-state index contributed by atoms with van der Waals surface area (Å²) >= 11 is 1.55. The van der Waals surface area contributed by atoms with E-state index in [2.05, 4.69) is 0 Å². The monoisotopic (exact) mass is 198 g/mol. The molecule has 4 nitrogen and oxygen atoms in total. The summed E-state index contributed by atoms with van der Waals surface area (Å²) in [7, 11) is -3.94. The molecule has 0 bridgehead atoms. The van der Waals surface area contributed by atoms with Gasteiger partial charge in [0.15, 0.2) is 0 Å². The fraction of sp³-hybridized carbons (Fsp3) is 0. The van der Waals surface area contributed by atoms with Crippen LogP contribution in [0.5, 0.6) is 0 Å². The summed E-state index contributed by atoms with van der Waals surface area (Å²) in [4.78, 5) is 0. The molecular weight excluding hydrogens is 195 g/mol. The number of hydrogen-bond acceptors (Lipinski definition) is 2. The van der Waals surface area contributed by atoms with Crippen molar-refractivity contribution >= 4 is 10.3 Å². The van der Waals surface area contributed by atoms with Gasteiger partial charge in [-0.2, -0.15) is 0 Å². The predicted molar refractivity (Wildman–Crippen MR) is 14.7 cm³/mol. The third kappa shape index (κ3) is 4.49. The van der Waals surface area contributed by atoms with Crippen LogP contribution in [0.25, 0.3) is 0 Å². The second-order valence-corrected chi connectivity index (χ2v) is 2.71. The second kappa shape index (κ2) is 1.98. The predicted octanol–water partition coefficient (Wildman–Crippen LogP) is -1.16. The zero-order chi connectivity index (χ0) is 5.21. The zero-order valence-electron chi connectivity index (χ0n) is 2.53. The van der Waals surface area contributed by atoms with Crippen LogP contribution in [0, 0.1) is 0 Å². The molecule has 0 aromatic carbocycles. The van der Waals surface area contributed by atoms with Crippen LogP contribution in [0.3, 0.4) is 0 Å². The first-order chi connectivity index (χ1) is 2.56. The minimum atomic E-state index is -3.94. The van der Waals surface area contributed by atoms with Crippen molar-refractivity contribution in [2.75, 3.05) is 0 Å². The fourth-order valence-corrected chi connectivity index (χ4v) is 0. The first kappa shape index (κ1) is 6.49. The van der Waals surface area contributed by atoms with Gasteiger partial charge < -0.3 is 0 Å². The summed E-state index contributed by atoms with van der Waals surface area (Å²) in [5.41, 5.74) is 0. The fourth-order valence-electron chi connectivity index (χ4n) is 0. The summed E-state index contributed by atoms with van der Waals surface area (Å²) in [6, 6.07) is 0. The van der Waals surface area contributed by atoms with Gasteiger partial charge in [-0.3, -0.25) is 0 Å². The van der Waals surface area contributed by atoms with Gasteiger partial charge >= 0.3 is 45.3 Å². The van der Waals surface area contributed by atoms with E-state index >= 15 is 0 Å². The van der Waals surface area contributed by atoms with Gasteiger partial charge in [-0.15, -0.1) is 0 Å². The average molecular weight is 197 g/mol. The molecular formula is H2NO3RuS. The summed E-state index contributed by atoms with van der Waals surface area (Å²) < 4.78 is 28.1. The molecule has 0 aromatic rings. The van der Waals surface area contributed by atoms with Crippen molar-refractivity contribution in [3.05, 3.63) is 0 Å². The Balaban J connectivity index is 3.85. The Bertz CT molecular complexity index is 113. The van der Waals surface area contributed by atoms with E-state index in [1.54, 1.807) is 22.0 Å². The first-order valence-corrected chi connectivity index (χ1v) is 3.21. The van der Waals surface area contributed by atoms with E-state index in [0.29, 0.717) is 0 Å². The van der Waals surface area contributed by atoms with E-state index in [4.69, 9.17) is 4.55 Å². The minimum absolute atomic E-state index is 1.55. The van der Waals surface area contributed by atoms with Gasteiger partial charge in [0.05, 0.1) is 0 Å². The van der Waals surface area contributed by atoms with Crippen molar-refractivity contribution in [1.82, 2.24) is 3.46 Å². The van der Waals surface area contributed by atoms with Crippen LogP contribution in [0.2, 0.25) is 0 Å². The molecule has 0 aliphatic heterocycles. The molecule has 0 fully saturated rings. The Labute approximate surface area is 45.8 Å². The van der Waals surface area contributed by atoms with Gasteiger partial charge in [-0.1, -0.05) is 0 Å². The molecule has 0 saturated carbocycles. The number of nitrogens with one attached hydrogen (secondary N) is 1. The van der Waals surface area contributed by atoms with Gasteiger partial charge in [0, 0.05) is 0 Å². The normalized spacial score (nSPS) is 11.7. The van der Waals surface area contributed by atoms with Gasteiger partial charge in [-0.25, -0.2) is 0 Å². The maximum absolute atomic E-state index is 9.43.